The lowest BCUT2D eigenvalue weighted by atomic mass is 10.0. The molecule has 2 N–H and O–H groups in total. The summed E-state index contributed by atoms with van der Waals surface area (Å²) in [6.45, 7) is 1.01. The van der Waals surface area contributed by atoms with Gasteiger partial charge in [-0.3, -0.25) is 4.68 Å². The van der Waals surface area contributed by atoms with Crippen LogP contribution in [0.2, 0.25) is 0 Å². The third kappa shape index (κ3) is 3.50. The van der Waals surface area contributed by atoms with Gasteiger partial charge < -0.3 is 10.6 Å². The molecule has 23 heavy (non-hydrogen) atoms. The first kappa shape index (κ1) is 15.9. The van der Waals surface area contributed by atoms with E-state index in [-0.39, 0.29) is 18.2 Å². The predicted molar refractivity (Wildman–Crippen MR) is 82.0 cm³/mol. The van der Waals surface area contributed by atoms with Crippen LogP contribution in [0.15, 0.2) is 30.5 Å². The van der Waals surface area contributed by atoms with Gasteiger partial charge in [-0.25, -0.2) is 0 Å². The number of alkyl halides is 3. The molecule has 1 unspecified atom stereocenters. The van der Waals surface area contributed by atoms with E-state index in [1.54, 1.807) is 0 Å². The van der Waals surface area contributed by atoms with Crippen LogP contribution in [0.1, 0.15) is 35.7 Å². The van der Waals surface area contributed by atoms with Crippen molar-refractivity contribution in [2.45, 2.75) is 31.6 Å². The van der Waals surface area contributed by atoms with Gasteiger partial charge in [0.2, 0.25) is 0 Å². The Bertz CT molecular complexity index is 678. The summed E-state index contributed by atoms with van der Waals surface area (Å²) in [4.78, 5) is 0. The Morgan fingerprint density at radius 1 is 1.35 bits per heavy atom. The van der Waals surface area contributed by atoms with Crippen molar-refractivity contribution in [3.63, 3.8) is 0 Å². The highest BCUT2D eigenvalue weighted by molar-refractivity contribution is 5.53. The minimum absolute atomic E-state index is 0.0301. The molecule has 1 atom stereocenters. The van der Waals surface area contributed by atoms with Crippen molar-refractivity contribution in [3.8, 4) is 0 Å². The van der Waals surface area contributed by atoms with E-state index in [1.165, 1.54) is 17.9 Å². The molecule has 4 nitrogen and oxygen atoms in total. The molecule has 0 fully saturated rings. The zero-order valence-electron chi connectivity index (χ0n) is 12.8. The number of anilines is 1. The van der Waals surface area contributed by atoms with Gasteiger partial charge in [0.1, 0.15) is 0 Å². The van der Waals surface area contributed by atoms with Gasteiger partial charge in [0.25, 0.3) is 0 Å². The van der Waals surface area contributed by atoms with Crippen LogP contribution in [0.25, 0.3) is 0 Å². The standard InChI is InChI=1S/C16H19F3N4/c1-23-10-11(15(22-23)16(17,18)19)9-21-14-7-4-8-20-13-6-3-2-5-12(13)14/h2-3,5-6,10,14,20-21H,4,7-9H2,1H3. The van der Waals surface area contributed by atoms with E-state index in [9.17, 15) is 13.2 Å². The molecule has 0 amide bonds. The van der Waals surface area contributed by atoms with Crippen molar-refractivity contribution in [3.05, 3.63) is 47.3 Å². The van der Waals surface area contributed by atoms with E-state index >= 15 is 0 Å². The average Bonchev–Trinajstić information content (AvgIpc) is 2.76. The zero-order valence-corrected chi connectivity index (χ0v) is 12.8. The van der Waals surface area contributed by atoms with Crippen molar-refractivity contribution in [1.82, 2.24) is 15.1 Å². The maximum Gasteiger partial charge on any atom is 0.435 e. The van der Waals surface area contributed by atoms with Crippen LogP contribution in [-0.4, -0.2) is 16.3 Å². The molecular formula is C16H19F3N4. The van der Waals surface area contributed by atoms with Crippen molar-refractivity contribution >= 4 is 5.69 Å². The second-order valence-corrected chi connectivity index (χ2v) is 5.76. The van der Waals surface area contributed by atoms with E-state index in [0.29, 0.717) is 0 Å². The number of hydrogen-bond donors (Lipinski definition) is 2. The Morgan fingerprint density at radius 3 is 2.91 bits per heavy atom. The molecule has 0 bridgehead atoms. The topological polar surface area (TPSA) is 41.9 Å². The summed E-state index contributed by atoms with van der Waals surface area (Å²) >= 11 is 0. The molecule has 3 rings (SSSR count). The quantitative estimate of drug-likeness (QED) is 0.908. The van der Waals surface area contributed by atoms with Crippen molar-refractivity contribution in [2.75, 3.05) is 11.9 Å². The largest absolute Gasteiger partial charge is 0.435 e. The third-order valence-corrected chi connectivity index (χ3v) is 4.03. The number of aromatic nitrogens is 2. The zero-order chi connectivity index (χ0) is 16.4. The number of nitrogens with zero attached hydrogens (tertiary/aromatic N) is 2. The van der Waals surface area contributed by atoms with Gasteiger partial charge in [0.05, 0.1) is 0 Å². The highest BCUT2D eigenvalue weighted by atomic mass is 19.4. The maximum absolute atomic E-state index is 13.0. The fourth-order valence-electron chi connectivity index (χ4n) is 3.00. The third-order valence-electron chi connectivity index (χ3n) is 4.03. The summed E-state index contributed by atoms with van der Waals surface area (Å²) in [5, 5.41) is 10.2. The highest BCUT2D eigenvalue weighted by Crippen LogP contribution is 2.32. The molecule has 1 aromatic carbocycles. The normalized spacial score (nSPS) is 18.2. The number of hydrogen-bond acceptors (Lipinski definition) is 3. The second kappa shape index (κ2) is 6.23. The summed E-state index contributed by atoms with van der Waals surface area (Å²) in [5.74, 6) is 0. The van der Waals surface area contributed by atoms with Crippen LogP contribution >= 0.6 is 0 Å². The monoisotopic (exact) mass is 324 g/mol. The SMILES string of the molecule is Cn1cc(CNC2CCCNc3ccccc32)c(C(F)(F)F)n1. The number of nitrogens with one attached hydrogen (secondary N) is 2. The van der Waals surface area contributed by atoms with E-state index in [1.807, 2.05) is 24.3 Å². The first-order valence-electron chi connectivity index (χ1n) is 7.61. The molecule has 0 spiro atoms. The molecule has 2 aromatic rings. The van der Waals surface area contributed by atoms with Crippen LogP contribution in [0.3, 0.4) is 0 Å². The smallest absolute Gasteiger partial charge is 0.385 e. The van der Waals surface area contributed by atoms with Crippen molar-refractivity contribution < 1.29 is 13.2 Å². The first-order chi connectivity index (χ1) is 10.9. The van der Waals surface area contributed by atoms with Crippen LogP contribution in [0.4, 0.5) is 18.9 Å². The highest BCUT2D eigenvalue weighted by Gasteiger charge is 2.36. The number of para-hydroxylation sites is 1. The summed E-state index contributed by atoms with van der Waals surface area (Å²) in [7, 11) is 1.50. The van der Waals surface area contributed by atoms with Gasteiger partial charge in [-0.15, -0.1) is 0 Å². The molecule has 0 aliphatic carbocycles. The van der Waals surface area contributed by atoms with Crippen LogP contribution in [-0.2, 0) is 19.8 Å². The van der Waals surface area contributed by atoms with Crippen molar-refractivity contribution in [2.24, 2.45) is 7.05 Å². The Morgan fingerprint density at radius 2 is 2.13 bits per heavy atom. The lowest BCUT2D eigenvalue weighted by Crippen LogP contribution is -2.22. The minimum Gasteiger partial charge on any atom is -0.385 e. The summed E-state index contributed by atoms with van der Waals surface area (Å²) in [6, 6.07) is 7.95. The lowest BCUT2D eigenvalue weighted by Gasteiger charge is -2.19. The Kier molecular flexibility index (Phi) is 4.30. The number of benzene rings is 1. The predicted octanol–water partition coefficient (Wildman–Crippen LogP) is 3.48. The summed E-state index contributed by atoms with van der Waals surface area (Å²) < 4.78 is 40.3. The number of fused-ring (bicyclic) bond motifs is 1. The molecule has 0 saturated heterocycles. The van der Waals surface area contributed by atoms with Crippen LogP contribution < -0.4 is 10.6 Å². The number of halogens is 3. The average molecular weight is 324 g/mol. The fraction of sp³-hybridized carbons (Fsp3) is 0.438. The van der Waals surface area contributed by atoms with Gasteiger partial charge in [0, 0.05) is 43.6 Å². The Labute approximate surface area is 132 Å². The van der Waals surface area contributed by atoms with Gasteiger partial charge in [-0.1, -0.05) is 18.2 Å². The van der Waals surface area contributed by atoms with E-state index in [0.717, 1.165) is 30.6 Å². The molecular weight excluding hydrogens is 305 g/mol. The van der Waals surface area contributed by atoms with Crippen molar-refractivity contribution in [1.29, 1.82) is 0 Å². The molecule has 1 aliphatic heterocycles. The molecule has 1 aliphatic rings. The first-order valence-corrected chi connectivity index (χ1v) is 7.61. The van der Waals surface area contributed by atoms with Gasteiger partial charge in [0.15, 0.2) is 5.69 Å². The number of rotatable bonds is 3. The van der Waals surface area contributed by atoms with Gasteiger partial charge >= 0.3 is 6.18 Å². The second-order valence-electron chi connectivity index (χ2n) is 5.76. The fourth-order valence-corrected chi connectivity index (χ4v) is 3.00. The Hall–Kier alpha value is -2.02. The molecule has 1 aromatic heterocycles. The molecule has 2 heterocycles. The molecule has 124 valence electrons. The minimum atomic E-state index is -4.43. The van der Waals surface area contributed by atoms with E-state index in [4.69, 9.17) is 0 Å². The van der Waals surface area contributed by atoms with Gasteiger partial charge in [-0.05, 0) is 24.5 Å². The molecule has 7 heteroatoms. The lowest BCUT2D eigenvalue weighted by molar-refractivity contribution is -0.142. The van der Waals surface area contributed by atoms with E-state index in [2.05, 4.69) is 15.7 Å². The maximum atomic E-state index is 13.0. The van der Waals surface area contributed by atoms with Crippen LogP contribution in [0.5, 0.6) is 0 Å². The Balaban J connectivity index is 1.79. The van der Waals surface area contributed by atoms with E-state index < -0.39 is 11.9 Å². The molecule has 0 saturated carbocycles. The number of aryl methyl sites for hydroxylation is 1. The summed E-state index contributed by atoms with van der Waals surface area (Å²) in [5.41, 5.74) is 1.51. The summed E-state index contributed by atoms with van der Waals surface area (Å²) in [6.07, 6.45) is -1.16. The molecule has 0 radical (unpaired) electrons. The van der Waals surface area contributed by atoms with Gasteiger partial charge in [-0.2, -0.15) is 18.3 Å². The van der Waals surface area contributed by atoms with Crippen LogP contribution in [0, 0.1) is 0 Å².